The Balaban J connectivity index is 1.97. The molecule has 0 aromatic carbocycles. The largest absolute Gasteiger partial charge is 0.392 e. The second-order valence-corrected chi connectivity index (χ2v) is 3.53. The van der Waals surface area contributed by atoms with Crippen molar-refractivity contribution in [2.75, 3.05) is 26.2 Å². The van der Waals surface area contributed by atoms with E-state index in [1.165, 1.54) is 0 Å². The van der Waals surface area contributed by atoms with Crippen molar-refractivity contribution in [1.82, 2.24) is 9.91 Å². The monoisotopic (exact) mass is 157 g/mol. The van der Waals surface area contributed by atoms with Crippen molar-refractivity contribution in [3.8, 4) is 0 Å². The number of nitrogens with zero attached hydrogens (tertiary/aromatic N) is 2. The summed E-state index contributed by atoms with van der Waals surface area (Å²) in [4.78, 5) is 2.33. The quantitative estimate of drug-likeness (QED) is 0.425. The zero-order valence-corrected chi connectivity index (χ0v) is 6.61. The van der Waals surface area contributed by atoms with Crippen LogP contribution in [0.1, 0.15) is 6.42 Å². The summed E-state index contributed by atoms with van der Waals surface area (Å²) in [6.45, 7) is 3.71. The van der Waals surface area contributed by atoms with E-state index in [2.05, 4.69) is 4.90 Å². The Labute approximate surface area is 66.5 Å². The lowest BCUT2D eigenvalue weighted by Gasteiger charge is -2.34. The van der Waals surface area contributed by atoms with Crippen LogP contribution in [-0.2, 0) is 0 Å². The first-order valence-electron chi connectivity index (χ1n) is 4.17. The number of aliphatic hydroxyl groups excluding tert-OH is 1. The van der Waals surface area contributed by atoms with Gasteiger partial charge in [0.15, 0.2) is 0 Å². The van der Waals surface area contributed by atoms with E-state index in [0.717, 1.165) is 32.6 Å². The van der Waals surface area contributed by atoms with Crippen LogP contribution in [0.3, 0.4) is 0 Å². The molecule has 3 N–H and O–H groups in total. The smallest absolute Gasteiger partial charge is 0.0682 e. The molecule has 0 radical (unpaired) electrons. The third-order valence-corrected chi connectivity index (χ3v) is 2.63. The highest BCUT2D eigenvalue weighted by molar-refractivity contribution is 4.89. The Morgan fingerprint density at radius 1 is 1.27 bits per heavy atom. The molecule has 4 nitrogen and oxygen atoms in total. The van der Waals surface area contributed by atoms with Crippen LogP contribution in [0, 0.1) is 0 Å². The second kappa shape index (κ2) is 2.71. The maximum Gasteiger partial charge on any atom is 0.0682 e. The number of rotatable bonds is 0. The van der Waals surface area contributed by atoms with Gasteiger partial charge in [-0.25, -0.2) is 5.01 Å². The van der Waals surface area contributed by atoms with E-state index < -0.39 is 0 Å². The molecule has 0 amide bonds. The highest BCUT2D eigenvalue weighted by Crippen LogP contribution is 2.20. The number of fused-ring (bicyclic) bond motifs is 1. The van der Waals surface area contributed by atoms with Crippen LogP contribution < -0.4 is 5.84 Å². The van der Waals surface area contributed by atoms with Crippen LogP contribution in [0.25, 0.3) is 0 Å². The first kappa shape index (κ1) is 7.49. The lowest BCUT2D eigenvalue weighted by atomic mass is 10.2. The van der Waals surface area contributed by atoms with Gasteiger partial charge in [-0.3, -0.25) is 10.7 Å². The zero-order chi connectivity index (χ0) is 7.84. The van der Waals surface area contributed by atoms with Crippen molar-refractivity contribution in [1.29, 1.82) is 0 Å². The molecule has 2 heterocycles. The fourth-order valence-electron chi connectivity index (χ4n) is 2.04. The van der Waals surface area contributed by atoms with Gasteiger partial charge in [-0.2, -0.15) is 0 Å². The summed E-state index contributed by atoms with van der Waals surface area (Å²) >= 11 is 0. The van der Waals surface area contributed by atoms with Gasteiger partial charge < -0.3 is 5.11 Å². The van der Waals surface area contributed by atoms with E-state index >= 15 is 0 Å². The minimum absolute atomic E-state index is 0.119. The number of nitrogens with two attached hydrogens (primary N) is 1. The molecule has 2 aliphatic rings. The Bertz CT molecular complexity index is 153. The third kappa shape index (κ3) is 1.39. The predicted octanol–water partition coefficient (Wildman–Crippen LogP) is -1.39. The van der Waals surface area contributed by atoms with Gasteiger partial charge in [0.1, 0.15) is 0 Å². The molecule has 11 heavy (non-hydrogen) atoms. The summed E-state index contributed by atoms with van der Waals surface area (Å²) in [5.74, 6) is 5.66. The van der Waals surface area contributed by atoms with E-state index in [4.69, 9.17) is 5.84 Å². The molecule has 2 aliphatic heterocycles. The molecule has 0 aliphatic carbocycles. The van der Waals surface area contributed by atoms with Crippen LogP contribution >= 0.6 is 0 Å². The topological polar surface area (TPSA) is 52.7 Å². The lowest BCUT2D eigenvalue weighted by Crippen LogP contribution is -2.52. The van der Waals surface area contributed by atoms with Crippen molar-refractivity contribution < 1.29 is 5.11 Å². The minimum atomic E-state index is -0.119. The molecular weight excluding hydrogens is 142 g/mol. The molecule has 64 valence electrons. The second-order valence-electron chi connectivity index (χ2n) is 3.53. The Morgan fingerprint density at radius 2 is 2.09 bits per heavy atom. The molecule has 0 bridgehead atoms. The van der Waals surface area contributed by atoms with Gasteiger partial charge >= 0.3 is 0 Å². The van der Waals surface area contributed by atoms with Gasteiger partial charge in [-0.05, 0) is 6.42 Å². The van der Waals surface area contributed by atoms with Crippen molar-refractivity contribution in [3.63, 3.8) is 0 Å². The van der Waals surface area contributed by atoms with Gasteiger partial charge in [0.2, 0.25) is 0 Å². The number of hydrazine groups is 1. The van der Waals surface area contributed by atoms with Gasteiger partial charge in [0.25, 0.3) is 0 Å². The van der Waals surface area contributed by atoms with Gasteiger partial charge in [-0.15, -0.1) is 0 Å². The molecular formula is C7H15N3O. The Hall–Kier alpha value is -0.160. The molecule has 2 saturated heterocycles. The summed E-state index contributed by atoms with van der Waals surface area (Å²) < 4.78 is 0. The molecule has 0 saturated carbocycles. The van der Waals surface area contributed by atoms with Crippen molar-refractivity contribution in [2.45, 2.75) is 18.6 Å². The summed E-state index contributed by atoms with van der Waals surface area (Å²) in [5, 5.41) is 11.2. The SMILES string of the molecule is NN1CCN2C[C@H](O)C[C@H]2C1. The maximum absolute atomic E-state index is 9.35. The molecule has 0 aromatic rings. The summed E-state index contributed by atoms with van der Waals surface area (Å²) in [7, 11) is 0. The third-order valence-electron chi connectivity index (χ3n) is 2.63. The zero-order valence-electron chi connectivity index (χ0n) is 6.61. The van der Waals surface area contributed by atoms with Crippen LogP contribution in [0.2, 0.25) is 0 Å². The first-order chi connectivity index (χ1) is 5.25. The molecule has 0 spiro atoms. The number of piperazine rings is 1. The number of hydrogen-bond acceptors (Lipinski definition) is 4. The van der Waals surface area contributed by atoms with Gasteiger partial charge in [0.05, 0.1) is 6.10 Å². The van der Waals surface area contributed by atoms with E-state index in [1.807, 2.05) is 5.01 Å². The van der Waals surface area contributed by atoms with Crippen molar-refractivity contribution in [2.24, 2.45) is 5.84 Å². The van der Waals surface area contributed by atoms with E-state index in [1.54, 1.807) is 0 Å². The lowest BCUT2D eigenvalue weighted by molar-refractivity contribution is 0.103. The molecule has 2 atom stereocenters. The molecule has 0 unspecified atom stereocenters. The maximum atomic E-state index is 9.35. The van der Waals surface area contributed by atoms with E-state index in [0.29, 0.717) is 6.04 Å². The van der Waals surface area contributed by atoms with E-state index in [9.17, 15) is 5.11 Å². The van der Waals surface area contributed by atoms with Gasteiger partial charge in [0, 0.05) is 32.2 Å². The van der Waals surface area contributed by atoms with Crippen LogP contribution in [0.5, 0.6) is 0 Å². The fraction of sp³-hybridized carbons (Fsp3) is 1.00. The number of aliphatic hydroxyl groups is 1. The highest BCUT2D eigenvalue weighted by Gasteiger charge is 2.34. The van der Waals surface area contributed by atoms with Crippen molar-refractivity contribution >= 4 is 0 Å². The predicted molar refractivity (Wildman–Crippen MR) is 41.7 cm³/mol. The Morgan fingerprint density at radius 3 is 2.91 bits per heavy atom. The van der Waals surface area contributed by atoms with Crippen LogP contribution in [0.4, 0.5) is 0 Å². The van der Waals surface area contributed by atoms with Crippen LogP contribution in [0.15, 0.2) is 0 Å². The average molecular weight is 157 g/mol. The summed E-state index contributed by atoms with van der Waals surface area (Å²) in [6.07, 6.45) is 0.778. The van der Waals surface area contributed by atoms with Crippen LogP contribution in [-0.4, -0.2) is 53.3 Å². The minimum Gasteiger partial charge on any atom is -0.392 e. The van der Waals surface area contributed by atoms with Gasteiger partial charge in [-0.1, -0.05) is 0 Å². The summed E-state index contributed by atoms with van der Waals surface area (Å²) in [6, 6.07) is 0.503. The average Bonchev–Trinajstić information content (AvgIpc) is 2.27. The molecule has 0 aromatic heterocycles. The normalized spacial score (nSPS) is 40.9. The molecule has 2 fully saturated rings. The molecule has 4 heteroatoms. The number of hydrogen-bond donors (Lipinski definition) is 2. The standard InChI is InChI=1S/C7H15N3O/c8-10-2-1-9-5-7(11)3-6(9)4-10/h6-7,11H,1-5,8H2/t6-,7+/m0/s1. The molecule has 2 rings (SSSR count). The summed E-state index contributed by atoms with van der Waals surface area (Å²) in [5.41, 5.74) is 0. The van der Waals surface area contributed by atoms with Crippen molar-refractivity contribution in [3.05, 3.63) is 0 Å². The fourth-order valence-corrected chi connectivity index (χ4v) is 2.04. The first-order valence-corrected chi connectivity index (χ1v) is 4.17. The highest BCUT2D eigenvalue weighted by atomic mass is 16.3. The van der Waals surface area contributed by atoms with E-state index in [-0.39, 0.29) is 6.10 Å². The Kier molecular flexibility index (Phi) is 1.85.